The summed E-state index contributed by atoms with van der Waals surface area (Å²) in [5, 5.41) is 11.7. The van der Waals surface area contributed by atoms with Gasteiger partial charge in [0.2, 0.25) is 0 Å². The molecule has 0 fully saturated rings. The number of rotatable bonds is 5. The first-order valence-electron chi connectivity index (χ1n) is 6.25. The molecule has 0 bridgehead atoms. The lowest BCUT2D eigenvalue weighted by Gasteiger charge is -2.14. The number of halogens is 1. The van der Waals surface area contributed by atoms with Gasteiger partial charge in [-0.3, -0.25) is 14.6 Å². The molecule has 108 valence electrons. The number of hydrogen-bond donors (Lipinski definition) is 2. The Morgan fingerprint density at radius 2 is 1.95 bits per heavy atom. The molecule has 2 rings (SSSR count). The quantitative estimate of drug-likeness (QED) is 0.879. The molecule has 0 spiro atoms. The summed E-state index contributed by atoms with van der Waals surface area (Å²) in [6.45, 7) is -0.125. The lowest BCUT2D eigenvalue weighted by atomic mass is 9.99. The Morgan fingerprint density at radius 1 is 1.24 bits per heavy atom. The number of aromatic nitrogens is 1. The van der Waals surface area contributed by atoms with Crippen LogP contribution in [0.2, 0.25) is 0 Å². The van der Waals surface area contributed by atoms with Crippen LogP contribution in [0.3, 0.4) is 0 Å². The monoisotopic (exact) mass is 288 g/mol. The van der Waals surface area contributed by atoms with Gasteiger partial charge in [-0.05, 0) is 11.6 Å². The Bertz CT molecular complexity index is 646. The molecular weight excluding hydrogens is 275 g/mol. The Kier molecular flexibility index (Phi) is 4.61. The van der Waals surface area contributed by atoms with Gasteiger partial charge in [0.1, 0.15) is 0 Å². The molecule has 21 heavy (non-hydrogen) atoms. The maximum absolute atomic E-state index is 13.4. The molecule has 0 saturated heterocycles. The zero-order valence-electron chi connectivity index (χ0n) is 11.0. The van der Waals surface area contributed by atoms with Crippen LogP contribution in [0.5, 0.6) is 0 Å². The van der Waals surface area contributed by atoms with Gasteiger partial charge in [0.15, 0.2) is 5.82 Å². The van der Waals surface area contributed by atoms with Gasteiger partial charge >= 0.3 is 5.97 Å². The van der Waals surface area contributed by atoms with Gasteiger partial charge in [0.05, 0.1) is 17.7 Å². The zero-order chi connectivity index (χ0) is 15.2. The Labute approximate surface area is 120 Å². The van der Waals surface area contributed by atoms with Gasteiger partial charge in [-0.2, -0.15) is 0 Å². The van der Waals surface area contributed by atoms with Crippen molar-refractivity contribution in [3.8, 4) is 0 Å². The molecule has 6 heteroatoms. The summed E-state index contributed by atoms with van der Waals surface area (Å²) in [6.07, 6.45) is 2.23. The fourth-order valence-corrected chi connectivity index (χ4v) is 1.88. The third kappa shape index (κ3) is 3.62. The summed E-state index contributed by atoms with van der Waals surface area (Å²) in [6, 6.07) is 9.78. The largest absolute Gasteiger partial charge is 0.481 e. The van der Waals surface area contributed by atoms with Gasteiger partial charge in [-0.25, -0.2) is 4.39 Å². The maximum Gasteiger partial charge on any atom is 0.312 e. The van der Waals surface area contributed by atoms with E-state index in [1.807, 2.05) is 0 Å². The SMILES string of the molecule is O=C(NCC(C(=O)O)c1ccccc1)c1ccncc1F. The first kappa shape index (κ1) is 14.6. The average Bonchev–Trinajstić information content (AvgIpc) is 2.48. The Hall–Kier alpha value is -2.76. The molecule has 0 radical (unpaired) electrons. The summed E-state index contributed by atoms with van der Waals surface area (Å²) >= 11 is 0. The summed E-state index contributed by atoms with van der Waals surface area (Å²) in [4.78, 5) is 26.7. The summed E-state index contributed by atoms with van der Waals surface area (Å²) in [5.74, 6) is -3.37. The van der Waals surface area contributed by atoms with Gasteiger partial charge in [0.25, 0.3) is 5.91 Å². The van der Waals surface area contributed by atoms with Crippen molar-refractivity contribution in [1.29, 1.82) is 0 Å². The lowest BCUT2D eigenvalue weighted by molar-refractivity contribution is -0.138. The van der Waals surface area contributed by atoms with E-state index in [9.17, 15) is 19.1 Å². The molecule has 0 saturated carbocycles. The maximum atomic E-state index is 13.4. The van der Waals surface area contributed by atoms with Gasteiger partial charge in [-0.15, -0.1) is 0 Å². The van der Waals surface area contributed by atoms with Crippen LogP contribution in [0.1, 0.15) is 21.8 Å². The van der Waals surface area contributed by atoms with Crippen molar-refractivity contribution in [2.75, 3.05) is 6.54 Å². The van der Waals surface area contributed by atoms with Crippen LogP contribution in [-0.4, -0.2) is 28.5 Å². The first-order valence-corrected chi connectivity index (χ1v) is 6.25. The van der Waals surface area contributed by atoms with Gasteiger partial charge < -0.3 is 10.4 Å². The fourth-order valence-electron chi connectivity index (χ4n) is 1.88. The van der Waals surface area contributed by atoms with Crippen molar-refractivity contribution in [3.63, 3.8) is 0 Å². The van der Waals surface area contributed by atoms with E-state index in [-0.39, 0.29) is 12.1 Å². The summed E-state index contributed by atoms with van der Waals surface area (Å²) in [5.41, 5.74) is 0.405. The van der Waals surface area contributed by atoms with E-state index in [1.54, 1.807) is 30.3 Å². The van der Waals surface area contributed by atoms with E-state index >= 15 is 0 Å². The Balaban J connectivity index is 2.08. The minimum Gasteiger partial charge on any atom is -0.481 e. The number of carbonyl (C=O) groups is 2. The molecule has 2 aromatic rings. The smallest absolute Gasteiger partial charge is 0.312 e. The third-order valence-electron chi connectivity index (χ3n) is 2.98. The van der Waals surface area contributed by atoms with Crippen molar-refractivity contribution < 1.29 is 19.1 Å². The molecule has 1 aromatic heterocycles. The van der Waals surface area contributed by atoms with Crippen molar-refractivity contribution >= 4 is 11.9 Å². The minimum atomic E-state index is -1.06. The third-order valence-corrected chi connectivity index (χ3v) is 2.98. The van der Waals surface area contributed by atoms with Gasteiger partial charge in [-0.1, -0.05) is 30.3 Å². The molecule has 1 heterocycles. The molecule has 5 nitrogen and oxygen atoms in total. The second-order valence-electron chi connectivity index (χ2n) is 4.37. The topological polar surface area (TPSA) is 79.3 Å². The van der Waals surface area contributed by atoms with Crippen LogP contribution in [0, 0.1) is 5.82 Å². The first-order chi connectivity index (χ1) is 10.1. The van der Waals surface area contributed by atoms with Crippen LogP contribution in [0.25, 0.3) is 0 Å². The van der Waals surface area contributed by atoms with Crippen molar-refractivity contribution in [2.24, 2.45) is 0 Å². The molecule has 2 N–H and O–H groups in total. The number of carboxylic acids is 1. The van der Waals surface area contributed by atoms with Crippen LogP contribution in [0.15, 0.2) is 48.8 Å². The highest BCUT2D eigenvalue weighted by molar-refractivity contribution is 5.94. The standard InChI is InChI=1S/C15H13FN2O3/c16-13-9-17-7-6-11(13)14(19)18-8-12(15(20)21)10-4-2-1-3-5-10/h1-7,9,12H,8H2,(H,18,19)(H,20,21). The number of hydrogen-bond acceptors (Lipinski definition) is 3. The van der Waals surface area contributed by atoms with E-state index < -0.39 is 23.6 Å². The number of nitrogens with one attached hydrogen (secondary N) is 1. The molecule has 1 atom stereocenters. The van der Waals surface area contributed by atoms with Crippen LogP contribution in [-0.2, 0) is 4.79 Å². The van der Waals surface area contributed by atoms with Crippen molar-refractivity contribution in [3.05, 3.63) is 65.7 Å². The molecule has 0 aliphatic heterocycles. The molecule has 1 amide bonds. The highest BCUT2D eigenvalue weighted by Gasteiger charge is 2.21. The molecule has 0 aliphatic rings. The second-order valence-corrected chi connectivity index (χ2v) is 4.37. The summed E-state index contributed by atoms with van der Waals surface area (Å²) in [7, 11) is 0. The van der Waals surface area contributed by atoms with Crippen LogP contribution >= 0.6 is 0 Å². The van der Waals surface area contributed by atoms with E-state index in [1.165, 1.54) is 12.3 Å². The highest BCUT2D eigenvalue weighted by atomic mass is 19.1. The number of pyridine rings is 1. The molecule has 1 aromatic carbocycles. The number of nitrogens with zero attached hydrogens (tertiary/aromatic N) is 1. The fraction of sp³-hybridized carbons (Fsp3) is 0.133. The molecule has 0 aliphatic carbocycles. The highest BCUT2D eigenvalue weighted by Crippen LogP contribution is 2.15. The van der Waals surface area contributed by atoms with E-state index in [0.717, 1.165) is 6.20 Å². The predicted molar refractivity (Wildman–Crippen MR) is 73.3 cm³/mol. The van der Waals surface area contributed by atoms with Gasteiger partial charge in [0, 0.05) is 12.7 Å². The summed E-state index contributed by atoms with van der Waals surface area (Å²) < 4.78 is 13.4. The lowest BCUT2D eigenvalue weighted by Crippen LogP contribution is -2.32. The molecular formula is C15H13FN2O3. The number of benzene rings is 1. The van der Waals surface area contributed by atoms with E-state index in [2.05, 4.69) is 10.3 Å². The number of amides is 1. The number of carbonyl (C=O) groups excluding carboxylic acids is 1. The molecule has 1 unspecified atom stereocenters. The van der Waals surface area contributed by atoms with E-state index in [0.29, 0.717) is 5.56 Å². The van der Waals surface area contributed by atoms with Crippen molar-refractivity contribution in [2.45, 2.75) is 5.92 Å². The second kappa shape index (κ2) is 6.60. The zero-order valence-corrected chi connectivity index (χ0v) is 11.0. The van der Waals surface area contributed by atoms with Crippen LogP contribution < -0.4 is 5.32 Å². The van der Waals surface area contributed by atoms with E-state index in [4.69, 9.17) is 0 Å². The minimum absolute atomic E-state index is 0.125. The normalized spacial score (nSPS) is 11.7. The number of aliphatic carboxylic acids is 1. The van der Waals surface area contributed by atoms with Crippen LogP contribution in [0.4, 0.5) is 4.39 Å². The number of carboxylic acid groups (broad SMARTS) is 1. The Morgan fingerprint density at radius 3 is 2.57 bits per heavy atom. The average molecular weight is 288 g/mol. The van der Waals surface area contributed by atoms with Crippen molar-refractivity contribution in [1.82, 2.24) is 10.3 Å². The predicted octanol–water partition coefficient (Wildman–Crippen LogP) is 1.82.